The molecule has 0 aromatic heterocycles. The van der Waals surface area contributed by atoms with Crippen LogP contribution < -0.4 is 5.32 Å². The predicted molar refractivity (Wildman–Crippen MR) is 63.2 cm³/mol. The van der Waals surface area contributed by atoms with Gasteiger partial charge in [-0.1, -0.05) is 30.7 Å². The highest BCUT2D eigenvalue weighted by Gasteiger charge is 2.10. The second-order valence-corrected chi connectivity index (χ2v) is 4.14. The lowest BCUT2D eigenvalue weighted by Gasteiger charge is -2.09. The molecule has 1 unspecified atom stereocenters. The molecule has 0 aliphatic heterocycles. The summed E-state index contributed by atoms with van der Waals surface area (Å²) in [6.45, 7) is 2.31. The van der Waals surface area contributed by atoms with Crippen LogP contribution in [0.4, 0.5) is 0 Å². The summed E-state index contributed by atoms with van der Waals surface area (Å²) in [5, 5.41) is 3.50. The van der Waals surface area contributed by atoms with Crippen molar-refractivity contribution < 1.29 is 4.79 Å². The molecule has 1 atom stereocenters. The minimum Gasteiger partial charge on any atom is -0.352 e. The van der Waals surface area contributed by atoms with Crippen LogP contribution in [0.15, 0.2) is 24.3 Å². The molecule has 2 nitrogen and oxygen atoms in total. The Morgan fingerprint density at radius 2 is 2.00 bits per heavy atom. The Bertz CT molecular complexity index is 324. The number of halogens is 2. The molecule has 0 radical (unpaired) electrons. The molecule has 82 valence electrons. The molecule has 0 aliphatic rings. The Balaban J connectivity index is 2.43. The highest BCUT2D eigenvalue weighted by atomic mass is 35.5. The highest BCUT2D eigenvalue weighted by Crippen LogP contribution is 2.09. The number of carbonyl (C=O) groups excluding carboxylic acids is 1. The number of alkyl halides is 1. The molecule has 15 heavy (non-hydrogen) atoms. The van der Waals surface area contributed by atoms with Gasteiger partial charge in [0, 0.05) is 23.4 Å². The number of carbonyl (C=O) groups is 1. The number of nitrogens with one attached hydrogen (secondary N) is 1. The summed E-state index contributed by atoms with van der Waals surface area (Å²) in [7, 11) is 0. The van der Waals surface area contributed by atoms with Gasteiger partial charge >= 0.3 is 0 Å². The Hall–Kier alpha value is -0.730. The number of hydrogen-bond acceptors (Lipinski definition) is 1. The van der Waals surface area contributed by atoms with Gasteiger partial charge in [0.1, 0.15) is 0 Å². The third-order valence-corrected chi connectivity index (χ3v) is 2.77. The van der Waals surface area contributed by atoms with Crippen LogP contribution in [0, 0.1) is 5.92 Å². The molecule has 1 aromatic rings. The first-order valence-corrected chi connectivity index (χ1v) is 5.63. The largest absolute Gasteiger partial charge is 0.352 e. The maximum Gasteiger partial charge on any atom is 0.224 e. The van der Waals surface area contributed by atoms with Gasteiger partial charge < -0.3 is 5.32 Å². The summed E-state index contributed by atoms with van der Waals surface area (Å²) < 4.78 is 0. The minimum atomic E-state index is -0.154. The van der Waals surface area contributed by atoms with Crippen LogP contribution in [-0.2, 0) is 11.3 Å². The van der Waals surface area contributed by atoms with E-state index in [-0.39, 0.29) is 11.8 Å². The zero-order chi connectivity index (χ0) is 11.3. The van der Waals surface area contributed by atoms with Gasteiger partial charge in [-0.2, -0.15) is 0 Å². The molecule has 1 N–H and O–H groups in total. The maximum absolute atomic E-state index is 11.4. The van der Waals surface area contributed by atoms with Crippen molar-refractivity contribution in [2.24, 2.45) is 5.92 Å². The van der Waals surface area contributed by atoms with Crippen molar-refractivity contribution in [2.45, 2.75) is 13.5 Å². The highest BCUT2D eigenvalue weighted by molar-refractivity contribution is 6.30. The van der Waals surface area contributed by atoms with E-state index in [1.54, 1.807) is 19.1 Å². The fourth-order valence-corrected chi connectivity index (χ4v) is 1.30. The van der Waals surface area contributed by atoms with Gasteiger partial charge in [0.05, 0.1) is 0 Å². The van der Waals surface area contributed by atoms with Crippen molar-refractivity contribution in [3.8, 4) is 0 Å². The van der Waals surface area contributed by atoms with Gasteiger partial charge in [0.15, 0.2) is 0 Å². The molecule has 0 aliphatic carbocycles. The molecule has 0 saturated heterocycles. The second-order valence-electron chi connectivity index (χ2n) is 3.40. The van der Waals surface area contributed by atoms with Crippen molar-refractivity contribution in [3.05, 3.63) is 34.9 Å². The van der Waals surface area contributed by atoms with Crippen LogP contribution in [0.3, 0.4) is 0 Å². The first-order valence-electron chi connectivity index (χ1n) is 4.71. The smallest absolute Gasteiger partial charge is 0.224 e. The minimum absolute atomic E-state index is 0.0278. The van der Waals surface area contributed by atoms with Crippen LogP contribution in [0.5, 0.6) is 0 Å². The number of rotatable bonds is 4. The molecule has 1 amide bonds. The zero-order valence-electron chi connectivity index (χ0n) is 8.47. The summed E-state index contributed by atoms with van der Waals surface area (Å²) in [6.07, 6.45) is 0. The molecule has 1 aromatic carbocycles. The lowest BCUT2D eigenvalue weighted by atomic mass is 10.2. The van der Waals surface area contributed by atoms with Crippen molar-refractivity contribution >= 4 is 29.1 Å². The second kappa shape index (κ2) is 5.99. The summed E-state index contributed by atoms with van der Waals surface area (Å²) in [5.41, 5.74) is 1.02. The topological polar surface area (TPSA) is 29.1 Å². The number of benzene rings is 1. The Morgan fingerprint density at radius 3 is 2.53 bits per heavy atom. The van der Waals surface area contributed by atoms with Crippen LogP contribution in [0.25, 0.3) is 0 Å². The average Bonchev–Trinajstić information content (AvgIpc) is 2.26. The summed E-state index contributed by atoms with van der Waals surface area (Å²) >= 11 is 11.3. The first-order chi connectivity index (χ1) is 7.13. The van der Waals surface area contributed by atoms with E-state index in [0.717, 1.165) is 5.56 Å². The van der Waals surface area contributed by atoms with Gasteiger partial charge in [-0.25, -0.2) is 0 Å². The van der Waals surface area contributed by atoms with E-state index < -0.39 is 0 Å². The molecule has 4 heteroatoms. The van der Waals surface area contributed by atoms with Crippen LogP contribution >= 0.6 is 23.2 Å². The third kappa shape index (κ3) is 4.10. The van der Waals surface area contributed by atoms with E-state index in [2.05, 4.69) is 5.32 Å². The van der Waals surface area contributed by atoms with Crippen molar-refractivity contribution in [3.63, 3.8) is 0 Å². The summed E-state index contributed by atoms with van der Waals surface area (Å²) in [6, 6.07) is 7.37. The van der Waals surface area contributed by atoms with E-state index in [0.29, 0.717) is 17.4 Å². The average molecular weight is 246 g/mol. The normalized spacial score (nSPS) is 12.2. The monoisotopic (exact) mass is 245 g/mol. The van der Waals surface area contributed by atoms with E-state index in [4.69, 9.17) is 23.2 Å². The van der Waals surface area contributed by atoms with Crippen molar-refractivity contribution in [2.75, 3.05) is 5.88 Å². The van der Waals surface area contributed by atoms with Gasteiger partial charge in [0.25, 0.3) is 0 Å². The quantitative estimate of drug-likeness (QED) is 0.813. The lowest BCUT2D eigenvalue weighted by Crippen LogP contribution is -2.29. The molecular formula is C11H13Cl2NO. The van der Waals surface area contributed by atoms with Gasteiger partial charge in [-0.3, -0.25) is 4.79 Å². The van der Waals surface area contributed by atoms with Crippen LogP contribution in [-0.4, -0.2) is 11.8 Å². The fourth-order valence-electron chi connectivity index (χ4n) is 1.04. The molecule has 0 saturated carbocycles. The fraction of sp³-hybridized carbons (Fsp3) is 0.364. The Morgan fingerprint density at radius 1 is 1.40 bits per heavy atom. The molecule has 0 bridgehead atoms. The summed E-state index contributed by atoms with van der Waals surface area (Å²) in [4.78, 5) is 11.4. The maximum atomic E-state index is 11.4. The van der Waals surface area contributed by atoms with Crippen LogP contribution in [0.1, 0.15) is 12.5 Å². The zero-order valence-corrected chi connectivity index (χ0v) is 9.98. The summed E-state index contributed by atoms with van der Waals surface area (Å²) in [5.74, 6) is 0.158. The van der Waals surface area contributed by atoms with E-state index >= 15 is 0 Å². The van der Waals surface area contributed by atoms with Crippen molar-refractivity contribution in [1.82, 2.24) is 5.32 Å². The SMILES string of the molecule is CC(CCl)C(=O)NCc1ccc(Cl)cc1. The standard InChI is InChI=1S/C11H13Cl2NO/c1-8(6-12)11(15)14-7-9-2-4-10(13)5-3-9/h2-5,8H,6-7H2,1H3,(H,14,15). The third-order valence-electron chi connectivity index (χ3n) is 2.06. The van der Waals surface area contributed by atoms with Gasteiger partial charge in [-0.15, -0.1) is 11.6 Å². The molecule has 1 rings (SSSR count). The predicted octanol–water partition coefficient (Wildman–Crippen LogP) is 2.83. The molecule has 0 heterocycles. The molecular weight excluding hydrogens is 233 g/mol. The Labute approximate surface area is 99.6 Å². The lowest BCUT2D eigenvalue weighted by molar-refractivity contribution is -0.124. The first kappa shape index (κ1) is 12.3. The molecule has 0 spiro atoms. The van der Waals surface area contributed by atoms with Gasteiger partial charge in [0.2, 0.25) is 5.91 Å². The van der Waals surface area contributed by atoms with E-state index in [9.17, 15) is 4.79 Å². The van der Waals surface area contributed by atoms with E-state index in [1.807, 2.05) is 12.1 Å². The number of amides is 1. The van der Waals surface area contributed by atoms with Crippen molar-refractivity contribution in [1.29, 1.82) is 0 Å². The Kier molecular flexibility index (Phi) is 4.92. The van der Waals surface area contributed by atoms with E-state index in [1.165, 1.54) is 0 Å². The number of hydrogen-bond donors (Lipinski definition) is 1. The van der Waals surface area contributed by atoms with Gasteiger partial charge in [-0.05, 0) is 17.7 Å². The molecule has 0 fully saturated rings. The van der Waals surface area contributed by atoms with Crippen LogP contribution in [0.2, 0.25) is 5.02 Å².